The number of carbonyl (C=O) groups is 1. The number of rotatable bonds is 7. The van der Waals surface area contributed by atoms with E-state index < -0.39 is 5.60 Å². The van der Waals surface area contributed by atoms with Gasteiger partial charge in [-0.2, -0.15) is 0 Å². The van der Waals surface area contributed by atoms with E-state index in [4.69, 9.17) is 5.11 Å². The molecule has 0 heterocycles. The van der Waals surface area contributed by atoms with Gasteiger partial charge in [-0.1, -0.05) is 26.7 Å². The molecule has 0 atom stereocenters. The molecule has 106 valence electrons. The van der Waals surface area contributed by atoms with Gasteiger partial charge in [0.05, 0.1) is 12.0 Å². The number of hydrogen-bond acceptors (Lipinski definition) is 3. The number of anilines is 1. The van der Waals surface area contributed by atoms with Gasteiger partial charge in [0.15, 0.2) is 0 Å². The van der Waals surface area contributed by atoms with Crippen molar-refractivity contribution in [3.63, 3.8) is 0 Å². The van der Waals surface area contributed by atoms with Crippen LogP contribution in [0.2, 0.25) is 0 Å². The highest BCUT2D eigenvalue weighted by molar-refractivity contribution is 5.91. The average molecular weight is 265 g/mol. The van der Waals surface area contributed by atoms with E-state index in [0.29, 0.717) is 18.5 Å². The molecule has 0 saturated heterocycles. The van der Waals surface area contributed by atoms with Crippen molar-refractivity contribution >= 4 is 11.6 Å². The topological polar surface area (TPSA) is 69.6 Å². The normalized spacial score (nSPS) is 11.3. The molecule has 4 nitrogen and oxygen atoms in total. The van der Waals surface area contributed by atoms with E-state index in [2.05, 4.69) is 5.32 Å². The van der Waals surface area contributed by atoms with Gasteiger partial charge in [-0.05, 0) is 37.1 Å². The van der Waals surface area contributed by atoms with E-state index in [9.17, 15) is 9.90 Å². The van der Waals surface area contributed by atoms with Crippen LogP contribution in [0.1, 0.15) is 46.0 Å². The molecule has 4 heteroatoms. The van der Waals surface area contributed by atoms with Crippen LogP contribution in [-0.4, -0.2) is 21.7 Å². The summed E-state index contributed by atoms with van der Waals surface area (Å²) < 4.78 is 0. The van der Waals surface area contributed by atoms with Crippen molar-refractivity contribution in [2.24, 2.45) is 0 Å². The van der Waals surface area contributed by atoms with E-state index >= 15 is 0 Å². The molecule has 1 rings (SSSR count). The van der Waals surface area contributed by atoms with Crippen LogP contribution in [0.25, 0.3) is 0 Å². The van der Waals surface area contributed by atoms with Crippen LogP contribution in [0.3, 0.4) is 0 Å². The zero-order valence-corrected chi connectivity index (χ0v) is 11.6. The lowest BCUT2D eigenvalue weighted by atomic mass is 9.89. The Morgan fingerprint density at radius 3 is 2.16 bits per heavy atom. The van der Waals surface area contributed by atoms with E-state index in [1.807, 2.05) is 13.8 Å². The maximum atomic E-state index is 11.9. The number of phenolic OH excluding ortho intramolecular Hbond substituents is 1. The molecule has 0 aliphatic heterocycles. The minimum absolute atomic E-state index is 0.107. The Morgan fingerprint density at radius 1 is 1.16 bits per heavy atom. The van der Waals surface area contributed by atoms with E-state index in [0.717, 1.165) is 12.8 Å². The number of aromatic hydroxyl groups is 1. The summed E-state index contributed by atoms with van der Waals surface area (Å²) in [6, 6.07) is 6.29. The molecule has 0 radical (unpaired) electrons. The number of hydrogen-bond donors (Lipinski definition) is 3. The largest absolute Gasteiger partial charge is 0.508 e. The zero-order valence-electron chi connectivity index (χ0n) is 11.6. The Balaban J connectivity index is 2.59. The summed E-state index contributed by atoms with van der Waals surface area (Å²) in [6.07, 6.45) is 3.06. The molecule has 0 aliphatic carbocycles. The van der Waals surface area contributed by atoms with Crippen LogP contribution in [0.5, 0.6) is 5.75 Å². The molecule has 3 N–H and O–H groups in total. The highest BCUT2D eigenvalue weighted by atomic mass is 16.3. The summed E-state index contributed by atoms with van der Waals surface area (Å²) in [5, 5.41) is 22.3. The number of carbonyl (C=O) groups excluding carboxylic acids is 1. The fourth-order valence-corrected chi connectivity index (χ4v) is 2.28. The molecule has 0 spiro atoms. The van der Waals surface area contributed by atoms with Crippen molar-refractivity contribution in [1.82, 2.24) is 0 Å². The number of nitrogens with one attached hydrogen (secondary N) is 1. The molecule has 0 aromatic heterocycles. The summed E-state index contributed by atoms with van der Waals surface area (Å²) in [6.45, 7) is 4.00. The summed E-state index contributed by atoms with van der Waals surface area (Å²) in [7, 11) is 0. The van der Waals surface area contributed by atoms with Crippen LogP contribution >= 0.6 is 0 Å². The molecule has 0 fully saturated rings. The Kier molecular flexibility index (Phi) is 5.83. The van der Waals surface area contributed by atoms with Crippen molar-refractivity contribution < 1.29 is 15.0 Å². The van der Waals surface area contributed by atoms with Gasteiger partial charge < -0.3 is 15.5 Å². The second-order valence-electron chi connectivity index (χ2n) is 5.00. The van der Waals surface area contributed by atoms with Gasteiger partial charge in [0.25, 0.3) is 0 Å². The third-order valence-electron chi connectivity index (χ3n) is 3.07. The first-order valence-corrected chi connectivity index (χ1v) is 6.80. The third-order valence-corrected chi connectivity index (χ3v) is 3.07. The number of benzene rings is 1. The Morgan fingerprint density at radius 2 is 1.68 bits per heavy atom. The van der Waals surface area contributed by atoms with Gasteiger partial charge in [-0.3, -0.25) is 4.79 Å². The monoisotopic (exact) mass is 265 g/mol. The predicted octanol–water partition coefficient (Wildman–Crippen LogP) is 3.05. The number of phenols is 1. The molecule has 1 amide bonds. The van der Waals surface area contributed by atoms with Gasteiger partial charge in [-0.15, -0.1) is 0 Å². The van der Waals surface area contributed by atoms with Crippen molar-refractivity contribution in [3.8, 4) is 5.75 Å². The standard InChI is InChI=1S/C15H23NO3/c1-3-9-15(19,10-4-2)11-14(18)16-12-5-7-13(17)8-6-12/h5-8,17,19H,3-4,9-11H2,1-2H3,(H,16,18). The first kappa shape index (κ1) is 15.5. The van der Waals surface area contributed by atoms with Crippen LogP contribution in [0.15, 0.2) is 24.3 Å². The highest BCUT2D eigenvalue weighted by Crippen LogP contribution is 2.24. The molecule has 0 aliphatic rings. The van der Waals surface area contributed by atoms with E-state index in [1.165, 1.54) is 12.1 Å². The minimum atomic E-state index is -0.912. The lowest BCUT2D eigenvalue weighted by Crippen LogP contribution is -2.33. The van der Waals surface area contributed by atoms with Crippen molar-refractivity contribution in [1.29, 1.82) is 0 Å². The highest BCUT2D eigenvalue weighted by Gasteiger charge is 2.28. The fourth-order valence-electron chi connectivity index (χ4n) is 2.28. The fraction of sp³-hybridized carbons (Fsp3) is 0.533. The summed E-state index contributed by atoms with van der Waals surface area (Å²) in [5.74, 6) is -0.0402. The van der Waals surface area contributed by atoms with Crippen LogP contribution < -0.4 is 5.32 Å². The summed E-state index contributed by atoms with van der Waals surface area (Å²) >= 11 is 0. The average Bonchev–Trinajstić information content (AvgIpc) is 2.32. The summed E-state index contributed by atoms with van der Waals surface area (Å²) in [5.41, 5.74) is -0.289. The molecule has 1 aromatic carbocycles. The molecule has 0 unspecified atom stereocenters. The molecule has 0 bridgehead atoms. The third kappa shape index (κ3) is 5.30. The second kappa shape index (κ2) is 7.14. The molecule has 1 aromatic rings. The number of aliphatic hydroxyl groups is 1. The summed E-state index contributed by atoms with van der Waals surface area (Å²) in [4.78, 5) is 11.9. The van der Waals surface area contributed by atoms with Crippen molar-refractivity contribution in [2.75, 3.05) is 5.32 Å². The molecular formula is C15H23NO3. The second-order valence-corrected chi connectivity index (χ2v) is 5.00. The van der Waals surface area contributed by atoms with Crippen molar-refractivity contribution in [2.45, 2.75) is 51.6 Å². The quantitative estimate of drug-likeness (QED) is 0.664. The Hall–Kier alpha value is -1.55. The molecule has 19 heavy (non-hydrogen) atoms. The van der Waals surface area contributed by atoms with Crippen LogP contribution in [0, 0.1) is 0 Å². The Bertz CT molecular complexity index is 394. The van der Waals surface area contributed by atoms with Gasteiger partial charge in [0, 0.05) is 5.69 Å². The van der Waals surface area contributed by atoms with Crippen LogP contribution in [0.4, 0.5) is 5.69 Å². The van der Waals surface area contributed by atoms with Gasteiger partial charge in [0.1, 0.15) is 5.75 Å². The van der Waals surface area contributed by atoms with E-state index in [-0.39, 0.29) is 18.1 Å². The van der Waals surface area contributed by atoms with Crippen molar-refractivity contribution in [3.05, 3.63) is 24.3 Å². The maximum absolute atomic E-state index is 11.9. The smallest absolute Gasteiger partial charge is 0.227 e. The minimum Gasteiger partial charge on any atom is -0.508 e. The zero-order chi connectivity index (χ0) is 14.3. The maximum Gasteiger partial charge on any atom is 0.227 e. The Labute approximate surface area is 114 Å². The van der Waals surface area contributed by atoms with Gasteiger partial charge in [-0.25, -0.2) is 0 Å². The van der Waals surface area contributed by atoms with Crippen LogP contribution in [-0.2, 0) is 4.79 Å². The predicted molar refractivity (Wildman–Crippen MR) is 76.1 cm³/mol. The SMILES string of the molecule is CCCC(O)(CCC)CC(=O)Nc1ccc(O)cc1. The van der Waals surface area contributed by atoms with E-state index in [1.54, 1.807) is 12.1 Å². The molecule has 0 saturated carbocycles. The van der Waals surface area contributed by atoms with Gasteiger partial charge >= 0.3 is 0 Å². The van der Waals surface area contributed by atoms with Gasteiger partial charge in [0.2, 0.25) is 5.91 Å². The first-order chi connectivity index (χ1) is 8.99. The number of amides is 1. The first-order valence-electron chi connectivity index (χ1n) is 6.80. The molecular weight excluding hydrogens is 242 g/mol. The lowest BCUT2D eigenvalue weighted by molar-refractivity contribution is -0.121. The lowest BCUT2D eigenvalue weighted by Gasteiger charge is -2.26.